The maximum Gasteiger partial charge on any atom is 0.141 e. The van der Waals surface area contributed by atoms with Gasteiger partial charge in [-0.25, -0.2) is 0 Å². The van der Waals surface area contributed by atoms with Gasteiger partial charge in [0.2, 0.25) is 0 Å². The van der Waals surface area contributed by atoms with E-state index in [4.69, 9.17) is 4.42 Å². The fraction of sp³-hybridized carbons (Fsp3) is 0. The summed E-state index contributed by atoms with van der Waals surface area (Å²) in [6, 6.07) is 27.1. The van der Waals surface area contributed by atoms with Crippen LogP contribution in [0.5, 0.6) is 0 Å². The highest BCUT2D eigenvalue weighted by Gasteiger charge is 2.09. The Hall–Kier alpha value is -2.80. The second kappa shape index (κ2) is 4.95. The lowest BCUT2D eigenvalue weighted by Gasteiger charge is -2.04. The summed E-state index contributed by atoms with van der Waals surface area (Å²) in [7, 11) is 0. The van der Waals surface area contributed by atoms with Crippen LogP contribution in [0.4, 0.5) is 0 Å². The summed E-state index contributed by atoms with van der Waals surface area (Å²) in [6.07, 6.45) is 1.82. The van der Waals surface area contributed by atoms with Crippen LogP contribution in [-0.4, -0.2) is 0 Å². The number of hydrogen-bond donors (Lipinski definition) is 0. The van der Waals surface area contributed by atoms with Crippen LogP contribution < -0.4 is 0 Å². The second-order valence-corrected chi connectivity index (χ2v) is 5.10. The molecular formula is C20H14O. The molecule has 21 heavy (non-hydrogen) atoms. The molecule has 0 unspecified atom stereocenters. The first kappa shape index (κ1) is 12.0. The predicted molar refractivity (Wildman–Crippen MR) is 87.1 cm³/mol. The van der Waals surface area contributed by atoms with Gasteiger partial charge < -0.3 is 4.42 Å². The summed E-state index contributed by atoms with van der Waals surface area (Å²) in [5.41, 5.74) is 3.53. The molecule has 0 spiro atoms. The number of fused-ring (bicyclic) bond motifs is 1. The molecule has 1 aromatic heterocycles. The molecule has 0 aliphatic carbocycles. The normalized spacial score (nSPS) is 10.9. The largest absolute Gasteiger partial charge is 0.463 e. The van der Waals surface area contributed by atoms with Crippen molar-refractivity contribution >= 4 is 10.8 Å². The van der Waals surface area contributed by atoms with Crippen LogP contribution in [0.25, 0.3) is 33.2 Å². The average Bonchev–Trinajstić information content (AvgIpc) is 3.00. The minimum absolute atomic E-state index is 0.934. The van der Waals surface area contributed by atoms with Crippen LogP contribution in [0.1, 0.15) is 0 Å². The number of benzene rings is 3. The van der Waals surface area contributed by atoms with E-state index in [1.165, 1.54) is 11.1 Å². The minimum Gasteiger partial charge on any atom is -0.463 e. The van der Waals surface area contributed by atoms with E-state index in [2.05, 4.69) is 60.7 Å². The van der Waals surface area contributed by atoms with Gasteiger partial charge in [0.05, 0.1) is 6.26 Å². The van der Waals surface area contributed by atoms with Crippen molar-refractivity contribution < 1.29 is 4.42 Å². The summed E-state index contributed by atoms with van der Waals surface area (Å²) >= 11 is 0. The highest BCUT2D eigenvalue weighted by molar-refractivity contribution is 5.94. The number of furan rings is 1. The Kier molecular flexibility index (Phi) is 2.82. The fourth-order valence-corrected chi connectivity index (χ4v) is 2.69. The average molecular weight is 270 g/mol. The van der Waals surface area contributed by atoms with Gasteiger partial charge in [-0.1, -0.05) is 72.8 Å². The summed E-state index contributed by atoms with van der Waals surface area (Å²) in [4.78, 5) is 0. The van der Waals surface area contributed by atoms with Crippen LogP contribution in [-0.2, 0) is 0 Å². The molecule has 0 N–H and O–H groups in total. The molecule has 4 aromatic rings. The lowest BCUT2D eigenvalue weighted by molar-refractivity contribution is 0.587. The van der Waals surface area contributed by atoms with Crippen molar-refractivity contribution in [1.82, 2.24) is 0 Å². The van der Waals surface area contributed by atoms with E-state index in [1.54, 1.807) is 0 Å². The molecule has 0 radical (unpaired) electrons. The molecule has 0 bridgehead atoms. The Morgan fingerprint density at radius 2 is 1.29 bits per heavy atom. The summed E-state index contributed by atoms with van der Waals surface area (Å²) in [6.45, 7) is 0. The molecule has 0 amide bonds. The Balaban J connectivity index is 1.87. The van der Waals surface area contributed by atoms with Crippen LogP contribution >= 0.6 is 0 Å². The molecule has 0 atom stereocenters. The molecule has 3 aromatic carbocycles. The van der Waals surface area contributed by atoms with Crippen molar-refractivity contribution in [2.45, 2.75) is 0 Å². The highest BCUT2D eigenvalue weighted by atomic mass is 16.3. The summed E-state index contributed by atoms with van der Waals surface area (Å²) < 4.78 is 5.79. The zero-order valence-corrected chi connectivity index (χ0v) is 11.5. The van der Waals surface area contributed by atoms with E-state index in [0.29, 0.717) is 0 Å². The van der Waals surface area contributed by atoms with Crippen molar-refractivity contribution in [2.24, 2.45) is 0 Å². The number of rotatable bonds is 2. The first-order valence-electron chi connectivity index (χ1n) is 7.04. The molecule has 0 saturated carbocycles. The molecule has 0 aliphatic rings. The smallest absolute Gasteiger partial charge is 0.141 e. The van der Waals surface area contributed by atoms with Crippen molar-refractivity contribution in [1.29, 1.82) is 0 Å². The molecule has 0 saturated heterocycles. The number of hydrogen-bond acceptors (Lipinski definition) is 1. The molecule has 0 fully saturated rings. The monoisotopic (exact) mass is 270 g/mol. The van der Waals surface area contributed by atoms with Gasteiger partial charge in [0.1, 0.15) is 5.76 Å². The van der Waals surface area contributed by atoms with Gasteiger partial charge in [0.15, 0.2) is 0 Å². The second-order valence-electron chi connectivity index (χ2n) is 5.10. The molecule has 1 nitrogen and oxygen atoms in total. The molecule has 4 rings (SSSR count). The van der Waals surface area contributed by atoms with Crippen LogP contribution in [0.15, 0.2) is 89.5 Å². The fourth-order valence-electron chi connectivity index (χ4n) is 2.69. The van der Waals surface area contributed by atoms with Gasteiger partial charge in [0.25, 0.3) is 0 Å². The first-order chi connectivity index (χ1) is 10.4. The van der Waals surface area contributed by atoms with E-state index in [1.807, 2.05) is 24.5 Å². The zero-order valence-electron chi connectivity index (χ0n) is 11.5. The lowest BCUT2D eigenvalue weighted by atomic mass is 10.0. The highest BCUT2D eigenvalue weighted by Crippen LogP contribution is 2.32. The van der Waals surface area contributed by atoms with Crippen LogP contribution in [0, 0.1) is 0 Å². The standard InChI is InChI=1S/C20H14O/c1-2-7-15(8-3-1)16-10-6-11-17(13-16)20-19-12-5-4-9-18(19)14-21-20/h1-14H. The van der Waals surface area contributed by atoms with E-state index >= 15 is 0 Å². The van der Waals surface area contributed by atoms with Crippen LogP contribution in [0.2, 0.25) is 0 Å². The molecule has 100 valence electrons. The van der Waals surface area contributed by atoms with Gasteiger partial charge in [-0.3, -0.25) is 0 Å². The van der Waals surface area contributed by atoms with Crippen molar-refractivity contribution in [3.05, 3.63) is 85.1 Å². The lowest BCUT2D eigenvalue weighted by Crippen LogP contribution is -1.80. The zero-order chi connectivity index (χ0) is 14.1. The quantitative estimate of drug-likeness (QED) is 0.451. The van der Waals surface area contributed by atoms with Gasteiger partial charge in [-0.05, 0) is 17.2 Å². The van der Waals surface area contributed by atoms with Gasteiger partial charge >= 0.3 is 0 Å². The van der Waals surface area contributed by atoms with Crippen molar-refractivity contribution in [3.8, 4) is 22.5 Å². The third kappa shape index (κ3) is 2.13. The minimum atomic E-state index is 0.934. The van der Waals surface area contributed by atoms with Crippen molar-refractivity contribution in [2.75, 3.05) is 0 Å². The Labute approximate surface area is 123 Å². The van der Waals surface area contributed by atoms with Gasteiger partial charge in [-0.2, -0.15) is 0 Å². The SMILES string of the molecule is c1ccc(-c2cccc(-c3occ4ccccc34)c2)cc1. The van der Waals surface area contributed by atoms with E-state index in [9.17, 15) is 0 Å². The first-order valence-corrected chi connectivity index (χ1v) is 7.04. The Morgan fingerprint density at radius 1 is 0.571 bits per heavy atom. The van der Waals surface area contributed by atoms with Gasteiger partial charge in [0, 0.05) is 16.3 Å². The Morgan fingerprint density at radius 3 is 2.19 bits per heavy atom. The predicted octanol–water partition coefficient (Wildman–Crippen LogP) is 5.77. The maximum atomic E-state index is 5.79. The van der Waals surface area contributed by atoms with E-state index in [-0.39, 0.29) is 0 Å². The summed E-state index contributed by atoms with van der Waals surface area (Å²) in [5, 5.41) is 2.29. The molecular weight excluding hydrogens is 256 g/mol. The van der Waals surface area contributed by atoms with Crippen molar-refractivity contribution in [3.63, 3.8) is 0 Å². The Bertz CT molecular complexity index is 888. The molecule has 1 heterocycles. The third-order valence-corrected chi connectivity index (χ3v) is 3.74. The third-order valence-electron chi connectivity index (χ3n) is 3.74. The van der Waals surface area contributed by atoms with E-state index in [0.717, 1.165) is 22.1 Å². The van der Waals surface area contributed by atoms with E-state index < -0.39 is 0 Å². The molecule has 1 heteroatoms. The molecule has 0 aliphatic heterocycles. The van der Waals surface area contributed by atoms with Crippen LogP contribution in [0.3, 0.4) is 0 Å². The van der Waals surface area contributed by atoms with Gasteiger partial charge in [-0.15, -0.1) is 0 Å². The maximum absolute atomic E-state index is 5.79. The summed E-state index contributed by atoms with van der Waals surface area (Å²) in [5.74, 6) is 0.934. The topological polar surface area (TPSA) is 13.1 Å².